The Bertz CT molecular complexity index is 481. The van der Waals surface area contributed by atoms with E-state index in [1.54, 1.807) is 0 Å². The summed E-state index contributed by atoms with van der Waals surface area (Å²) in [5.74, 6) is 5.68. The van der Waals surface area contributed by atoms with Gasteiger partial charge in [-0.05, 0) is 6.07 Å². The lowest BCUT2D eigenvalue weighted by atomic mass is 10.2. The lowest BCUT2D eigenvalue weighted by molar-refractivity contribution is -0.138. The van der Waals surface area contributed by atoms with Crippen LogP contribution in [0.5, 0.6) is 0 Å². The van der Waals surface area contributed by atoms with Crippen molar-refractivity contribution in [2.75, 3.05) is 5.75 Å². The average molecular weight is 247 g/mol. The average Bonchev–Trinajstić information content (AvgIpc) is 2.19. The first-order chi connectivity index (χ1) is 7.45. The number of H-pyrrole nitrogens is 1. The highest BCUT2D eigenvalue weighted by Crippen LogP contribution is 2.26. The van der Waals surface area contributed by atoms with Crippen LogP contribution in [-0.4, -0.2) is 10.7 Å². The summed E-state index contributed by atoms with van der Waals surface area (Å²) in [6.45, 7) is 0. The van der Waals surface area contributed by atoms with Gasteiger partial charge in [-0.25, -0.2) is 0 Å². The van der Waals surface area contributed by atoms with Crippen molar-refractivity contribution in [2.24, 2.45) is 0 Å². The minimum atomic E-state index is -4.66. The van der Waals surface area contributed by atoms with Gasteiger partial charge in [-0.1, -0.05) is 11.8 Å². The molecule has 1 rings (SSSR count). The summed E-state index contributed by atoms with van der Waals surface area (Å²) in [6.07, 6.45) is -3.03. The third-order valence-electron chi connectivity index (χ3n) is 1.68. The lowest BCUT2D eigenvalue weighted by Crippen LogP contribution is -2.21. The Morgan fingerprint density at radius 1 is 1.44 bits per heavy atom. The maximum atomic E-state index is 12.3. The van der Waals surface area contributed by atoms with Gasteiger partial charge in [0, 0.05) is 23.9 Å². The fourth-order valence-electron chi connectivity index (χ4n) is 0.987. The Kier molecular flexibility index (Phi) is 4.07. The Balaban J connectivity index is 3.10. The molecular weight excluding hydrogens is 239 g/mol. The summed E-state index contributed by atoms with van der Waals surface area (Å²) < 4.78 is 37.0. The van der Waals surface area contributed by atoms with Crippen LogP contribution >= 0.6 is 12.6 Å². The van der Waals surface area contributed by atoms with Gasteiger partial charge in [0.15, 0.2) is 0 Å². The summed E-state index contributed by atoms with van der Waals surface area (Å²) in [7, 11) is 0. The first kappa shape index (κ1) is 12.7. The largest absolute Gasteiger partial charge is 0.421 e. The zero-order chi connectivity index (χ0) is 12.2. The number of pyridine rings is 1. The van der Waals surface area contributed by atoms with Gasteiger partial charge in [-0.15, -0.1) is 0 Å². The van der Waals surface area contributed by atoms with Crippen molar-refractivity contribution in [1.82, 2.24) is 4.98 Å². The molecule has 0 radical (unpaired) electrons. The molecule has 0 saturated carbocycles. The van der Waals surface area contributed by atoms with Crippen LogP contribution in [0, 0.1) is 11.8 Å². The van der Waals surface area contributed by atoms with Gasteiger partial charge in [0.05, 0.1) is 0 Å². The van der Waals surface area contributed by atoms with Crippen LogP contribution in [-0.2, 0) is 6.18 Å². The third kappa shape index (κ3) is 3.35. The summed E-state index contributed by atoms with van der Waals surface area (Å²) in [5, 5.41) is 0. The molecule has 0 aromatic carbocycles. The molecule has 0 amide bonds. The maximum absolute atomic E-state index is 12.3. The van der Waals surface area contributed by atoms with Crippen LogP contribution in [0.15, 0.2) is 17.1 Å². The highest BCUT2D eigenvalue weighted by molar-refractivity contribution is 7.80. The summed E-state index contributed by atoms with van der Waals surface area (Å²) in [5.41, 5.74) is -2.26. The minimum Gasteiger partial charge on any atom is -0.327 e. The lowest BCUT2D eigenvalue weighted by Gasteiger charge is -2.04. The molecule has 1 aromatic heterocycles. The smallest absolute Gasteiger partial charge is 0.327 e. The molecular formula is C10H8F3NOS. The number of halogens is 3. The third-order valence-corrected chi connectivity index (χ3v) is 1.90. The molecule has 0 saturated heterocycles. The molecule has 0 fully saturated rings. The predicted molar refractivity (Wildman–Crippen MR) is 57.4 cm³/mol. The maximum Gasteiger partial charge on any atom is 0.421 e. The molecule has 16 heavy (non-hydrogen) atoms. The first-order valence-electron chi connectivity index (χ1n) is 4.35. The van der Waals surface area contributed by atoms with Gasteiger partial charge in [-0.3, -0.25) is 4.79 Å². The van der Waals surface area contributed by atoms with Gasteiger partial charge >= 0.3 is 6.18 Å². The molecule has 0 bridgehead atoms. The number of rotatable bonds is 1. The molecule has 0 aliphatic rings. The Labute approximate surface area is 95.3 Å². The van der Waals surface area contributed by atoms with E-state index in [1.165, 1.54) is 0 Å². The van der Waals surface area contributed by atoms with Gasteiger partial charge in [0.2, 0.25) is 0 Å². The SMILES string of the molecule is O=c1[nH]cc(C#CCCS)cc1C(F)(F)F. The molecule has 0 atom stereocenters. The van der Waals surface area contributed by atoms with E-state index in [-0.39, 0.29) is 5.56 Å². The van der Waals surface area contributed by atoms with Gasteiger partial charge in [0.25, 0.3) is 5.56 Å². The van der Waals surface area contributed by atoms with Crippen molar-refractivity contribution in [1.29, 1.82) is 0 Å². The zero-order valence-corrected chi connectivity index (χ0v) is 8.95. The van der Waals surface area contributed by atoms with E-state index in [9.17, 15) is 18.0 Å². The monoisotopic (exact) mass is 247 g/mol. The van der Waals surface area contributed by atoms with Crippen LogP contribution in [0.3, 0.4) is 0 Å². The zero-order valence-electron chi connectivity index (χ0n) is 8.06. The van der Waals surface area contributed by atoms with E-state index in [4.69, 9.17) is 0 Å². The first-order valence-corrected chi connectivity index (χ1v) is 4.98. The van der Waals surface area contributed by atoms with Crippen LogP contribution < -0.4 is 5.56 Å². The van der Waals surface area contributed by atoms with Gasteiger partial charge in [0.1, 0.15) is 5.56 Å². The normalized spacial score (nSPS) is 10.8. The standard InChI is InChI=1S/C10H8F3NOS/c11-10(12,13)8-5-7(3-1-2-4-16)6-14-9(8)15/h5-6,16H,2,4H2,(H,14,15). The van der Waals surface area contributed by atoms with Crippen molar-refractivity contribution in [3.05, 3.63) is 33.7 Å². The number of aromatic amines is 1. The van der Waals surface area contributed by atoms with E-state index in [1.807, 2.05) is 4.98 Å². The second kappa shape index (κ2) is 5.12. The molecule has 2 nitrogen and oxygen atoms in total. The van der Waals surface area contributed by atoms with E-state index in [0.29, 0.717) is 12.2 Å². The molecule has 0 aliphatic carbocycles. The highest BCUT2D eigenvalue weighted by Gasteiger charge is 2.33. The summed E-state index contributed by atoms with van der Waals surface area (Å²) in [6, 6.07) is 0.740. The molecule has 1 aromatic rings. The number of hydrogen-bond acceptors (Lipinski definition) is 2. The topological polar surface area (TPSA) is 32.9 Å². The fourth-order valence-corrected chi connectivity index (χ4v) is 1.10. The van der Waals surface area contributed by atoms with Crippen molar-refractivity contribution < 1.29 is 13.2 Å². The van der Waals surface area contributed by atoms with E-state index in [2.05, 4.69) is 24.5 Å². The van der Waals surface area contributed by atoms with Crippen LogP contribution in [0.1, 0.15) is 17.5 Å². The number of thiol groups is 1. The number of alkyl halides is 3. The van der Waals surface area contributed by atoms with Crippen molar-refractivity contribution in [3.63, 3.8) is 0 Å². The Morgan fingerprint density at radius 3 is 2.69 bits per heavy atom. The molecule has 0 aliphatic heterocycles. The number of nitrogens with one attached hydrogen (secondary N) is 1. The highest BCUT2D eigenvalue weighted by atomic mass is 32.1. The van der Waals surface area contributed by atoms with Crippen molar-refractivity contribution >= 4 is 12.6 Å². The minimum absolute atomic E-state index is 0.133. The Hall–Kier alpha value is -1.35. The molecule has 6 heteroatoms. The van der Waals surface area contributed by atoms with Crippen molar-refractivity contribution in [2.45, 2.75) is 12.6 Å². The number of aromatic nitrogens is 1. The van der Waals surface area contributed by atoms with Crippen molar-refractivity contribution in [3.8, 4) is 11.8 Å². The number of hydrogen-bond donors (Lipinski definition) is 2. The fraction of sp³-hybridized carbons (Fsp3) is 0.300. The molecule has 1 heterocycles. The Morgan fingerprint density at radius 2 is 2.12 bits per heavy atom. The summed E-state index contributed by atoms with van der Waals surface area (Å²) in [4.78, 5) is 12.9. The van der Waals surface area contributed by atoms with E-state index in [0.717, 1.165) is 12.3 Å². The summed E-state index contributed by atoms with van der Waals surface area (Å²) >= 11 is 3.91. The second-order valence-corrected chi connectivity index (χ2v) is 3.35. The predicted octanol–water partition coefficient (Wildman–Crippen LogP) is 2.07. The quantitative estimate of drug-likeness (QED) is 0.578. The van der Waals surface area contributed by atoms with E-state index < -0.39 is 17.3 Å². The molecule has 0 unspecified atom stereocenters. The van der Waals surface area contributed by atoms with E-state index >= 15 is 0 Å². The molecule has 0 spiro atoms. The molecule has 1 N–H and O–H groups in total. The van der Waals surface area contributed by atoms with Crippen LogP contribution in [0.4, 0.5) is 13.2 Å². The molecule has 86 valence electrons. The van der Waals surface area contributed by atoms with Crippen LogP contribution in [0.2, 0.25) is 0 Å². The van der Waals surface area contributed by atoms with Gasteiger partial charge < -0.3 is 4.98 Å². The van der Waals surface area contributed by atoms with Crippen LogP contribution in [0.25, 0.3) is 0 Å². The van der Waals surface area contributed by atoms with Gasteiger partial charge in [-0.2, -0.15) is 25.8 Å². The second-order valence-electron chi connectivity index (χ2n) is 2.90.